The zero-order valence-electron chi connectivity index (χ0n) is 16.6. The molecule has 0 bridgehead atoms. The van der Waals surface area contributed by atoms with Crippen LogP contribution in [0, 0.1) is 0 Å². The van der Waals surface area contributed by atoms with Gasteiger partial charge in [-0.25, -0.2) is 4.98 Å². The summed E-state index contributed by atoms with van der Waals surface area (Å²) in [6.07, 6.45) is 3.41. The van der Waals surface area contributed by atoms with Crippen LogP contribution in [0.5, 0.6) is 0 Å². The molecule has 0 amide bonds. The molecule has 2 fully saturated rings. The van der Waals surface area contributed by atoms with Crippen LogP contribution in [-0.4, -0.2) is 60.0 Å². The largest absolute Gasteiger partial charge is 0.355 e. The number of aryl methyl sites for hydroxylation is 1. The van der Waals surface area contributed by atoms with E-state index in [0.717, 1.165) is 56.1 Å². The molecule has 8 heteroatoms. The van der Waals surface area contributed by atoms with Crippen molar-refractivity contribution in [3.63, 3.8) is 0 Å². The number of halogens is 1. The maximum Gasteiger partial charge on any atom is 0.205 e. The topological polar surface area (TPSA) is 56.7 Å². The molecule has 6 nitrogen and oxygen atoms in total. The third-order valence-corrected chi connectivity index (χ3v) is 6.47. The summed E-state index contributed by atoms with van der Waals surface area (Å²) >= 11 is 1.52. The van der Waals surface area contributed by atoms with Crippen LogP contribution < -0.4 is 10.2 Å². The standard InChI is InChI=1S/C20H28N6S.HI/c1-3-17-23-19(27-24-17)26-13-11-25(12-14-26)18(21-2)22-15-20(9-10-20)16-7-5-4-6-8-16;/h4-8H,3,9-15H2,1-2H3,(H,21,22);1H. The van der Waals surface area contributed by atoms with Gasteiger partial charge in [-0.2, -0.15) is 4.37 Å². The van der Waals surface area contributed by atoms with Gasteiger partial charge in [0.2, 0.25) is 5.13 Å². The average Bonchev–Trinajstić information content (AvgIpc) is 3.37. The summed E-state index contributed by atoms with van der Waals surface area (Å²) in [5, 5.41) is 4.69. The van der Waals surface area contributed by atoms with Gasteiger partial charge in [-0.05, 0) is 18.4 Å². The first kappa shape index (κ1) is 21.3. The van der Waals surface area contributed by atoms with Gasteiger partial charge in [0.05, 0.1) is 0 Å². The lowest BCUT2D eigenvalue weighted by Crippen LogP contribution is -2.53. The second-order valence-corrected chi connectivity index (χ2v) is 8.10. The van der Waals surface area contributed by atoms with Crippen molar-refractivity contribution in [3.05, 3.63) is 41.7 Å². The number of aliphatic imine (C=N–C) groups is 1. The Bertz CT molecular complexity index is 781. The van der Waals surface area contributed by atoms with Crippen molar-refractivity contribution in [2.24, 2.45) is 4.99 Å². The van der Waals surface area contributed by atoms with Crippen LogP contribution in [0.2, 0.25) is 0 Å². The zero-order valence-corrected chi connectivity index (χ0v) is 19.7. The molecule has 0 radical (unpaired) electrons. The number of nitrogens with zero attached hydrogens (tertiary/aromatic N) is 5. The van der Waals surface area contributed by atoms with E-state index in [1.807, 2.05) is 7.05 Å². The first-order valence-corrected chi connectivity index (χ1v) is 10.6. The van der Waals surface area contributed by atoms with E-state index < -0.39 is 0 Å². The molecule has 1 N–H and O–H groups in total. The van der Waals surface area contributed by atoms with Crippen LogP contribution in [0.4, 0.5) is 5.13 Å². The number of guanidine groups is 1. The summed E-state index contributed by atoms with van der Waals surface area (Å²) in [4.78, 5) is 13.9. The van der Waals surface area contributed by atoms with Gasteiger partial charge < -0.3 is 15.1 Å². The Morgan fingerprint density at radius 3 is 2.46 bits per heavy atom. The first-order valence-electron chi connectivity index (χ1n) is 9.83. The molecule has 0 spiro atoms. The van der Waals surface area contributed by atoms with E-state index in [0.29, 0.717) is 5.41 Å². The minimum Gasteiger partial charge on any atom is -0.355 e. The third-order valence-electron chi connectivity index (χ3n) is 5.66. The van der Waals surface area contributed by atoms with Gasteiger partial charge in [-0.1, -0.05) is 37.3 Å². The van der Waals surface area contributed by atoms with E-state index in [1.54, 1.807) is 0 Å². The molecular formula is C20H29IN6S. The van der Waals surface area contributed by atoms with Crippen molar-refractivity contribution >= 4 is 46.6 Å². The van der Waals surface area contributed by atoms with Gasteiger partial charge in [0.15, 0.2) is 5.96 Å². The van der Waals surface area contributed by atoms with Gasteiger partial charge in [-0.15, -0.1) is 24.0 Å². The maximum atomic E-state index is 4.62. The maximum absolute atomic E-state index is 4.62. The molecular weight excluding hydrogens is 483 g/mol. The van der Waals surface area contributed by atoms with Crippen LogP contribution in [0.1, 0.15) is 31.2 Å². The second-order valence-electron chi connectivity index (χ2n) is 7.37. The van der Waals surface area contributed by atoms with Gasteiger partial charge in [0, 0.05) is 63.1 Å². The van der Waals surface area contributed by atoms with Gasteiger partial charge in [-0.3, -0.25) is 4.99 Å². The summed E-state index contributed by atoms with van der Waals surface area (Å²) in [5.74, 6) is 1.97. The van der Waals surface area contributed by atoms with E-state index in [2.05, 4.69) is 66.7 Å². The molecule has 1 aliphatic carbocycles. The number of aromatic nitrogens is 2. The number of hydrogen-bond acceptors (Lipinski definition) is 5. The molecule has 28 heavy (non-hydrogen) atoms. The van der Waals surface area contributed by atoms with Crippen molar-refractivity contribution in [2.45, 2.75) is 31.6 Å². The van der Waals surface area contributed by atoms with Gasteiger partial charge >= 0.3 is 0 Å². The molecule has 1 saturated carbocycles. The molecule has 0 unspecified atom stereocenters. The van der Waals surface area contributed by atoms with Crippen LogP contribution in [0.15, 0.2) is 35.3 Å². The van der Waals surface area contributed by atoms with Gasteiger partial charge in [0.1, 0.15) is 5.82 Å². The zero-order chi connectivity index (χ0) is 18.7. The van der Waals surface area contributed by atoms with E-state index in [4.69, 9.17) is 0 Å². The minimum atomic E-state index is 0. The number of hydrogen-bond donors (Lipinski definition) is 1. The smallest absolute Gasteiger partial charge is 0.205 e. The third kappa shape index (κ3) is 4.59. The highest BCUT2D eigenvalue weighted by Gasteiger charge is 2.44. The van der Waals surface area contributed by atoms with Crippen LogP contribution in [-0.2, 0) is 11.8 Å². The molecule has 2 heterocycles. The first-order chi connectivity index (χ1) is 13.2. The van der Waals surface area contributed by atoms with Crippen LogP contribution in [0.3, 0.4) is 0 Å². The Morgan fingerprint density at radius 2 is 1.89 bits per heavy atom. The lowest BCUT2D eigenvalue weighted by atomic mass is 9.96. The quantitative estimate of drug-likeness (QED) is 0.379. The van der Waals surface area contributed by atoms with Gasteiger partial charge in [0.25, 0.3) is 0 Å². The lowest BCUT2D eigenvalue weighted by molar-refractivity contribution is 0.370. The number of benzene rings is 1. The molecule has 1 aromatic heterocycles. The Labute approximate surface area is 188 Å². The van der Waals surface area contributed by atoms with E-state index in [9.17, 15) is 0 Å². The minimum absolute atomic E-state index is 0. The molecule has 4 rings (SSSR count). The molecule has 1 aliphatic heterocycles. The number of anilines is 1. The summed E-state index contributed by atoms with van der Waals surface area (Å²) in [5.41, 5.74) is 1.74. The highest BCUT2D eigenvalue weighted by atomic mass is 127. The van der Waals surface area contributed by atoms with E-state index in [1.165, 1.54) is 29.9 Å². The van der Waals surface area contributed by atoms with Crippen molar-refractivity contribution in [2.75, 3.05) is 44.7 Å². The fourth-order valence-corrected chi connectivity index (χ4v) is 4.52. The normalized spacial score (nSPS) is 18.6. The van der Waals surface area contributed by atoms with E-state index in [-0.39, 0.29) is 24.0 Å². The molecule has 2 aromatic rings. The monoisotopic (exact) mass is 512 g/mol. The van der Waals surface area contributed by atoms with Crippen LogP contribution >= 0.6 is 35.5 Å². The summed E-state index contributed by atoms with van der Waals surface area (Å²) in [6.45, 7) is 6.89. The molecule has 1 aromatic carbocycles. The molecule has 0 atom stereocenters. The van der Waals surface area contributed by atoms with Crippen molar-refractivity contribution in [3.8, 4) is 0 Å². The highest BCUT2D eigenvalue weighted by Crippen LogP contribution is 2.47. The Kier molecular flexibility index (Phi) is 7.14. The molecule has 1 saturated heterocycles. The fourth-order valence-electron chi connectivity index (χ4n) is 3.72. The second kappa shape index (κ2) is 9.39. The van der Waals surface area contributed by atoms with Crippen molar-refractivity contribution < 1.29 is 0 Å². The lowest BCUT2D eigenvalue weighted by Gasteiger charge is -2.36. The number of nitrogens with one attached hydrogen (secondary N) is 1. The number of rotatable bonds is 5. The summed E-state index contributed by atoms with van der Waals surface area (Å²) < 4.78 is 4.41. The van der Waals surface area contributed by atoms with Crippen LogP contribution in [0.25, 0.3) is 0 Å². The molecule has 152 valence electrons. The Hall–Kier alpha value is -1.42. The SMILES string of the molecule is CCc1nsc(N2CCN(C(=NC)NCC3(c4ccccc4)CC3)CC2)n1.I. The predicted molar refractivity (Wildman–Crippen MR) is 127 cm³/mol. The van der Waals surface area contributed by atoms with Crippen molar-refractivity contribution in [1.29, 1.82) is 0 Å². The Balaban J connectivity index is 0.00000225. The summed E-state index contributed by atoms with van der Waals surface area (Å²) in [7, 11) is 1.88. The van der Waals surface area contributed by atoms with E-state index >= 15 is 0 Å². The number of piperazine rings is 1. The summed E-state index contributed by atoms with van der Waals surface area (Å²) in [6, 6.07) is 10.9. The average molecular weight is 512 g/mol. The fraction of sp³-hybridized carbons (Fsp3) is 0.550. The van der Waals surface area contributed by atoms with Crippen molar-refractivity contribution in [1.82, 2.24) is 19.6 Å². The highest BCUT2D eigenvalue weighted by molar-refractivity contribution is 14.0. The predicted octanol–water partition coefficient (Wildman–Crippen LogP) is 3.15. The molecule has 2 aliphatic rings. The Morgan fingerprint density at radius 1 is 1.18 bits per heavy atom.